The van der Waals surface area contributed by atoms with Gasteiger partial charge in [-0.25, -0.2) is 0 Å². The molecule has 2 N–H and O–H groups in total. The van der Waals surface area contributed by atoms with Crippen LogP contribution in [0.3, 0.4) is 0 Å². The SMILES string of the molecule is CCNCc1ccc(OCC(O)(CC)CC)cn1. The van der Waals surface area contributed by atoms with Gasteiger partial charge in [0.1, 0.15) is 12.4 Å². The van der Waals surface area contributed by atoms with Crippen LogP contribution in [0.1, 0.15) is 39.3 Å². The highest BCUT2D eigenvalue weighted by Crippen LogP contribution is 2.17. The van der Waals surface area contributed by atoms with Gasteiger partial charge in [0.15, 0.2) is 0 Å². The third-order valence-electron chi connectivity index (χ3n) is 3.18. The molecule has 4 heteroatoms. The topological polar surface area (TPSA) is 54.4 Å². The van der Waals surface area contributed by atoms with Crippen LogP contribution in [0.2, 0.25) is 0 Å². The highest BCUT2D eigenvalue weighted by molar-refractivity contribution is 5.20. The lowest BCUT2D eigenvalue weighted by atomic mass is 9.99. The highest BCUT2D eigenvalue weighted by atomic mass is 16.5. The van der Waals surface area contributed by atoms with E-state index in [1.807, 2.05) is 26.0 Å². The van der Waals surface area contributed by atoms with E-state index in [-0.39, 0.29) is 0 Å². The van der Waals surface area contributed by atoms with Gasteiger partial charge in [-0.2, -0.15) is 0 Å². The Kier molecular flexibility index (Phi) is 6.09. The first-order valence-electron chi connectivity index (χ1n) is 6.64. The fourth-order valence-corrected chi connectivity index (χ4v) is 1.53. The Hall–Kier alpha value is -1.13. The van der Waals surface area contributed by atoms with Gasteiger partial charge >= 0.3 is 0 Å². The molecule has 1 aromatic heterocycles. The van der Waals surface area contributed by atoms with E-state index in [4.69, 9.17) is 4.74 Å². The first-order valence-corrected chi connectivity index (χ1v) is 6.64. The maximum Gasteiger partial charge on any atom is 0.137 e. The molecule has 1 rings (SSSR count). The van der Waals surface area contributed by atoms with E-state index in [1.165, 1.54) is 0 Å². The molecule has 1 aromatic rings. The fourth-order valence-electron chi connectivity index (χ4n) is 1.53. The van der Waals surface area contributed by atoms with Crippen LogP contribution < -0.4 is 10.1 Å². The average molecular weight is 252 g/mol. The van der Waals surface area contributed by atoms with Gasteiger partial charge in [0.25, 0.3) is 0 Å². The molecule has 0 atom stereocenters. The molecule has 0 aliphatic heterocycles. The fraction of sp³-hybridized carbons (Fsp3) is 0.643. The van der Waals surface area contributed by atoms with Crippen LogP contribution in [-0.2, 0) is 6.54 Å². The standard InChI is InChI=1S/C14H24N2O2/c1-4-14(17,5-2)11-18-13-8-7-12(16-10-13)9-15-6-3/h7-8,10,15,17H,4-6,9,11H2,1-3H3. The normalized spacial score (nSPS) is 11.6. The first-order chi connectivity index (χ1) is 8.63. The van der Waals surface area contributed by atoms with Crippen LogP contribution in [0.15, 0.2) is 18.3 Å². The van der Waals surface area contributed by atoms with Gasteiger partial charge in [-0.1, -0.05) is 20.8 Å². The number of rotatable bonds is 8. The Bertz CT molecular complexity index is 334. The maximum absolute atomic E-state index is 10.1. The van der Waals surface area contributed by atoms with Gasteiger partial charge in [0.05, 0.1) is 17.5 Å². The second-order valence-corrected chi connectivity index (χ2v) is 4.49. The lowest BCUT2D eigenvalue weighted by Crippen LogP contribution is -2.34. The number of pyridine rings is 1. The molecule has 4 nitrogen and oxygen atoms in total. The maximum atomic E-state index is 10.1. The molecule has 18 heavy (non-hydrogen) atoms. The van der Waals surface area contributed by atoms with Gasteiger partial charge in [-0.15, -0.1) is 0 Å². The summed E-state index contributed by atoms with van der Waals surface area (Å²) in [4.78, 5) is 4.30. The minimum atomic E-state index is -0.734. The molecular formula is C14H24N2O2. The number of aliphatic hydroxyl groups is 1. The van der Waals surface area contributed by atoms with Gasteiger partial charge in [-0.3, -0.25) is 4.98 Å². The summed E-state index contributed by atoms with van der Waals surface area (Å²) in [6.45, 7) is 8.00. The lowest BCUT2D eigenvalue weighted by molar-refractivity contribution is -0.0114. The van der Waals surface area contributed by atoms with E-state index in [0.717, 1.165) is 18.8 Å². The highest BCUT2D eigenvalue weighted by Gasteiger charge is 2.22. The Morgan fingerprint density at radius 2 is 2.00 bits per heavy atom. The zero-order valence-corrected chi connectivity index (χ0v) is 11.6. The van der Waals surface area contributed by atoms with Crippen molar-refractivity contribution in [2.24, 2.45) is 0 Å². The monoisotopic (exact) mass is 252 g/mol. The minimum Gasteiger partial charge on any atom is -0.489 e. The largest absolute Gasteiger partial charge is 0.489 e. The third-order valence-corrected chi connectivity index (χ3v) is 3.18. The Balaban J connectivity index is 2.48. The van der Waals surface area contributed by atoms with Crippen LogP contribution in [0.5, 0.6) is 5.75 Å². The van der Waals surface area contributed by atoms with Gasteiger partial charge in [-0.05, 0) is 31.5 Å². The predicted molar refractivity (Wildman–Crippen MR) is 72.6 cm³/mol. The molecule has 1 heterocycles. The van der Waals surface area contributed by atoms with Gasteiger partial charge in [0.2, 0.25) is 0 Å². The van der Waals surface area contributed by atoms with E-state index < -0.39 is 5.60 Å². The molecule has 0 saturated heterocycles. The molecular weight excluding hydrogens is 228 g/mol. The summed E-state index contributed by atoms with van der Waals surface area (Å²) in [5.74, 6) is 0.704. The second kappa shape index (κ2) is 7.34. The van der Waals surface area contributed by atoms with Crippen molar-refractivity contribution in [1.82, 2.24) is 10.3 Å². The third kappa shape index (κ3) is 4.63. The van der Waals surface area contributed by atoms with Crippen molar-refractivity contribution < 1.29 is 9.84 Å². The Morgan fingerprint density at radius 1 is 1.28 bits per heavy atom. The molecule has 102 valence electrons. The number of nitrogens with one attached hydrogen (secondary N) is 1. The molecule has 0 saturated carbocycles. The quantitative estimate of drug-likeness (QED) is 0.744. The molecule has 0 spiro atoms. The van der Waals surface area contributed by atoms with Crippen molar-refractivity contribution in [3.8, 4) is 5.75 Å². The summed E-state index contributed by atoms with van der Waals surface area (Å²) in [7, 11) is 0. The minimum absolute atomic E-state index is 0.314. The second-order valence-electron chi connectivity index (χ2n) is 4.49. The first kappa shape index (κ1) is 14.9. The summed E-state index contributed by atoms with van der Waals surface area (Å²) in [6.07, 6.45) is 3.09. The summed E-state index contributed by atoms with van der Waals surface area (Å²) in [5, 5.41) is 13.3. The zero-order chi connectivity index (χ0) is 13.4. The van der Waals surface area contributed by atoms with Crippen molar-refractivity contribution in [3.05, 3.63) is 24.0 Å². The van der Waals surface area contributed by atoms with Crippen LogP contribution in [0.25, 0.3) is 0 Å². The van der Waals surface area contributed by atoms with Crippen molar-refractivity contribution in [1.29, 1.82) is 0 Å². The number of hydrogen-bond acceptors (Lipinski definition) is 4. The van der Waals surface area contributed by atoms with Crippen molar-refractivity contribution >= 4 is 0 Å². The molecule has 0 unspecified atom stereocenters. The van der Waals surface area contributed by atoms with Crippen LogP contribution >= 0.6 is 0 Å². The molecule has 0 aliphatic rings. The van der Waals surface area contributed by atoms with E-state index in [0.29, 0.717) is 25.2 Å². The molecule has 0 aromatic carbocycles. The molecule has 0 fully saturated rings. The summed E-state index contributed by atoms with van der Waals surface area (Å²) in [6, 6.07) is 3.83. The lowest BCUT2D eigenvalue weighted by Gasteiger charge is -2.24. The molecule has 0 bridgehead atoms. The van der Waals surface area contributed by atoms with E-state index >= 15 is 0 Å². The molecule has 0 aliphatic carbocycles. The van der Waals surface area contributed by atoms with Gasteiger partial charge < -0.3 is 15.2 Å². The number of aromatic nitrogens is 1. The molecule has 0 radical (unpaired) electrons. The predicted octanol–water partition coefficient (Wildman–Crippen LogP) is 2.12. The Labute approximate surface area is 109 Å². The van der Waals surface area contributed by atoms with Crippen LogP contribution in [-0.4, -0.2) is 28.8 Å². The summed E-state index contributed by atoms with van der Waals surface area (Å²) < 4.78 is 5.58. The van der Waals surface area contributed by atoms with Crippen LogP contribution in [0, 0.1) is 0 Å². The summed E-state index contributed by atoms with van der Waals surface area (Å²) >= 11 is 0. The van der Waals surface area contributed by atoms with Gasteiger partial charge in [0, 0.05) is 6.54 Å². The zero-order valence-electron chi connectivity index (χ0n) is 11.6. The van der Waals surface area contributed by atoms with Crippen LogP contribution in [0.4, 0.5) is 0 Å². The van der Waals surface area contributed by atoms with Crippen molar-refractivity contribution in [3.63, 3.8) is 0 Å². The number of ether oxygens (including phenoxy) is 1. The number of nitrogens with zero attached hydrogens (tertiary/aromatic N) is 1. The van der Waals surface area contributed by atoms with E-state index in [9.17, 15) is 5.11 Å². The summed E-state index contributed by atoms with van der Waals surface area (Å²) in [5.41, 5.74) is 0.257. The van der Waals surface area contributed by atoms with E-state index in [2.05, 4.69) is 17.2 Å². The van der Waals surface area contributed by atoms with Crippen molar-refractivity contribution in [2.45, 2.75) is 45.8 Å². The van der Waals surface area contributed by atoms with E-state index in [1.54, 1.807) is 6.20 Å². The number of hydrogen-bond donors (Lipinski definition) is 2. The van der Waals surface area contributed by atoms with Crippen molar-refractivity contribution in [2.75, 3.05) is 13.2 Å². The smallest absolute Gasteiger partial charge is 0.137 e. The molecule has 0 amide bonds. The Morgan fingerprint density at radius 3 is 2.50 bits per heavy atom. The average Bonchev–Trinajstić information content (AvgIpc) is 2.43.